The van der Waals surface area contributed by atoms with Crippen molar-refractivity contribution in [3.8, 4) is 12.1 Å². The molecule has 0 aliphatic rings. The fraction of sp³-hybridized carbons (Fsp3) is 0.167. The van der Waals surface area contributed by atoms with Gasteiger partial charge in [0.2, 0.25) is 0 Å². The molecule has 0 heterocycles. The van der Waals surface area contributed by atoms with Crippen LogP contribution < -0.4 is 10.6 Å². The summed E-state index contributed by atoms with van der Waals surface area (Å²) in [6.07, 6.45) is 0. The highest BCUT2D eigenvalue weighted by atomic mass is 16.2. The van der Waals surface area contributed by atoms with Gasteiger partial charge in [0, 0.05) is 11.1 Å². The fourth-order valence-electron chi connectivity index (χ4n) is 1.25. The van der Waals surface area contributed by atoms with Gasteiger partial charge in [-0.05, 0) is 18.2 Å². The third-order valence-corrected chi connectivity index (χ3v) is 2.04. The highest BCUT2D eigenvalue weighted by molar-refractivity contribution is 5.99. The molecule has 0 radical (unpaired) electrons. The summed E-state index contributed by atoms with van der Waals surface area (Å²) in [4.78, 5) is 23.1. The number of rotatable bonds is 4. The summed E-state index contributed by atoms with van der Waals surface area (Å²) in [6, 6.07) is 9.60. The molecule has 1 rings (SSSR count). The second-order valence-electron chi connectivity index (χ2n) is 3.26. The Morgan fingerprint density at radius 3 is 1.83 bits per heavy atom. The van der Waals surface area contributed by atoms with Gasteiger partial charge in [0.15, 0.2) is 0 Å². The highest BCUT2D eigenvalue weighted by Gasteiger charge is 2.09. The first-order chi connectivity index (χ1) is 8.69. The Balaban J connectivity index is 2.80. The summed E-state index contributed by atoms with van der Waals surface area (Å²) < 4.78 is 0. The zero-order chi connectivity index (χ0) is 13.4. The highest BCUT2D eigenvalue weighted by Crippen LogP contribution is 2.05. The van der Waals surface area contributed by atoms with Crippen molar-refractivity contribution in [2.45, 2.75) is 0 Å². The van der Waals surface area contributed by atoms with Crippen LogP contribution in [0.15, 0.2) is 24.3 Å². The van der Waals surface area contributed by atoms with Crippen LogP contribution in [-0.4, -0.2) is 24.9 Å². The van der Waals surface area contributed by atoms with Gasteiger partial charge in [-0.3, -0.25) is 9.59 Å². The van der Waals surface area contributed by atoms with Crippen LogP contribution in [0.1, 0.15) is 20.7 Å². The lowest BCUT2D eigenvalue weighted by Crippen LogP contribution is -2.26. The van der Waals surface area contributed by atoms with Crippen LogP contribution in [0.25, 0.3) is 0 Å². The number of amides is 2. The number of hydrogen-bond donors (Lipinski definition) is 2. The molecular weight excluding hydrogens is 232 g/mol. The lowest BCUT2D eigenvalue weighted by Gasteiger charge is -2.04. The van der Waals surface area contributed by atoms with Crippen molar-refractivity contribution in [1.82, 2.24) is 10.6 Å². The number of nitriles is 2. The number of carbonyl (C=O) groups is 2. The third kappa shape index (κ3) is 3.62. The molecule has 2 N–H and O–H groups in total. The standard InChI is InChI=1S/C12H10N4O2/c13-4-6-15-11(17)9-2-1-3-10(8-9)12(18)16-7-5-14/h1-3,8H,6-7H2,(H,15,17)(H,16,18). The number of carbonyl (C=O) groups excluding carboxylic acids is 2. The summed E-state index contributed by atoms with van der Waals surface area (Å²) in [7, 11) is 0. The lowest BCUT2D eigenvalue weighted by molar-refractivity contribution is 0.0958. The van der Waals surface area contributed by atoms with E-state index >= 15 is 0 Å². The van der Waals surface area contributed by atoms with Crippen LogP contribution in [0.5, 0.6) is 0 Å². The number of hydrogen-bond acceptors (Lipinski definition) is 4. The zero-order valence-corrected chi connectivity index (χ0v) is 9.43. The molecule has 1 aromatic carbocycles. The van der Waals surface area contributed by atoms with Gasteiger partial charge in [0.25, 0.3) is 11.8 Å². The Morgan fingerprint density at radius 2 is 1.44 bits per heavy atom. The van der Waals surface area contributed by atoms with Crippen LogP contribution in [-0.2, 0) is 0 Å². The predicted octanol–water partition coefficient (Wildman–Crippen LogP) is 0.193. The van der Waals surface area contributed by atoms with E-state index in [2.05, 4.69) is 10.6 Å². The Bertz CT molecular complexity index is 494. The van der Waals surface area contributed by atoms with E-state index in [1.54, 1.807) is 18.2 Å². The molecule has 0 saturated carbocycles. The molecule has 2 amide bonds. The molecule has 6 nitrogen and oxygen atoms in total. The van der Waals surface area contributed by atoms with Crippen LogP contribution in [0.2, 0.25) is 0 Å². The maximum absolute atomic E-state index is 11.5. The van der Waals surface area contributed by atoms with Gasteiger partial charge in [-0.15, -0.1) is 0 Å². The number of nitrogens with one attached hydrogen (secondary N) is 2. The van der Waals surface area contributed by atoms with Gasteiger partial charge in [-0.1, -0.05) is 6.07 Å². The molecule has 0 bridgehead atoms. The van der Waals surface area contributed by atoms with Crippen LogP contribution in [0.3, 0.4) is 0 Å². The Kier molecular flexibility index (Phi) is 4.89. The second-order valence-corrected chi connectivity index (χ2v) is 3.26. The average molecular weight is 242 g/mol. The Morgan fingerprint density at radius 1 is 1.00 bits per heavy atom. The molecule has 0 atom stereocenters. The first kappa shape index (κ1) is 13.2. The minimum Gasteiger partial charge on any atom is -0.339 e. The zero-order valence-electron chi connectivity index (χ0n) is 9.43. The summed E-state index contributed by atoms with van der Waals surface area (Å²) >= 11 is 0. The molecule has 0 aliphatic heterocycles. The number of benzene rings is 1. The van der Waals surface area contributed by atoms with Crippen molar-refractivity contribution in [3.05, 3.63) is 35.4 Å². The van der Waals surface area contributed by atoms with E-state index in [1.165, 1.54) is 18.2 Å². The molecule has 0 aromatic heterocycles. The normalized spacial score (nSPS) is 8.78. The van der Waals surface area contributed by atoms with Crippen LogP contribution in [0.4, 0.5) is 0 Å². The van der Waals surface area contributed by atoms with E-state index in [0.717, 1.165) is 0 Å². The molecule has 18 heavy (non-hydrogen) atoms. The summed E-state index contributed by atoms with van der Waals surface area (Å²) in [6.45, 7) is -0.187. The second kappa shape index (κ2) is 6.66. The number of nitrogens with zero attached hydrogens (tertiary/aromatic N) is 2. The Labute approximate surface area is 104 Å². The molecule has 0 unspecified atom stereocenters. The lowest BCUT2D eigenvalue weighted by atomic mass is 10.1. The van der Waals surface area contributed by atoms with Gasteiger partial charge in [0.05, 0.1) is 12.1 Å². The van der Waals surface area contributed by atoms with E-state index in [1.807, 2.05) is 0 Å². The van der Waals surface area contributed by atoms with E-state index < -0.39 is 11.8 Å². The molecule has 0 spiro atoms. The van der Waals surface area contributed by atoms with Crippen molar-refractivity contribution in [1.29, 1.82) is 10.5 Å². The summed E-state index contributed by atoms with van der Waals surface area (Å²) in [5.74, 6) is -0.849. The van der Waals surface area contributed by atoms with Crippen LogP contribution >= 0.6 is 0 Å². The quantitative estimate of drug-likeness (QED) is 0.735. The van der Waals surface area contributed by atoms with E-state index in [9.17, 15) is 9.59 Å². The molecule has 0 saturated heterocycles. The van der Waals surface area contributed by atoms with Crippen molar-refractivity contribution in [2.75, 3.05) is 13.1 Å². The first-order valence-corrected chi connectivity index (χ1v) is 5.09. The minimum atomic E-state index is -0.425. The van der Waals surface area contributed by atoms with E-state index in [4.69, 9.17) is 10.5 Å². The molecule has 1 aromatic rings. The minimum absolute atomic E-state index is 0.0936. The van der Waals surface area contributed by atoms with E-state index in [0.29, 0.717) is 0 Å². The first-order valence-electron chi connectivity index (χ1n) is 5.09. The summed E-state index contributed by atoms with van der Waals surface area (Å²) in [5, 5.41) is 21.4. The smallest absolute Gasteiger partial charge is 0.252 e. The molecular formula is C12H10N4O2. The summed E-state index contributed by atoms with van der Waals surface area (Å²) in [5.41, 5.74) is 0.574. The van der Waals surface area contributed by atoms with Crippen molar-refractivity contribution in [2.24, 2.45) is 0 Å². The fourth-order valence-corrected chi connectivity index (χ4v) is 1.25. The molecule has 0 fully saturated rings. The maximum Gasteiger partial charge on any atom is 0.252 e. The Hall–Kier alpha value is -2.86. The van der Waals surface area contributed by atoms with Gasteiger partial charge in [0.1, 0.15) is 13.1 Å². The van der Waals surface area contributed by atoms with Gasteiger partial charge >= 0.3 is 0 Å². The van der Waals surface area contributed by atoms with Crippen molar-refractivity contribution < 1.29 is 9.59 Å². The van der Waals surface area contributed by atoms with Gasteiger partial charge in [-0.25, -0.2) is 0 Å². The molecule has 6 heteroatoms. The third-order valence-electron chi connectivity index (χ3n) is 2.04. The SMILES string of the molecule is N#CCNC(=O)c1cccc(C(=O)NCC#N)c1. The molecule has 0 aliphatic carbocycles. The largest absolute Gasteiger partial charge is 0.339 e. The topological polar surface area (TPSA) is 106 Å². The predicted molar refractivity (Wildman–Crippen MR) is 62.3 cm³/mol. The van der Waals surface area contributed by atoms with Crippen molar-refractivity contribution >= 4 is 11.8 Å². The van der Waals surface area contributed by atoms with E-state index in [-0.39, 0.29) is 24.2 Å². The van der Waals surface area contributed by atoms with Gasteiger partial charge in [-0.2, -0.15) is 10.5 Å². The average Bonchev–Trinajstić information content (AvgIpc) is 2.42. The van der Waals surface area contributed by atoms with Gasteiger partial charge < -0.3 is 10.6 Å². The van der Waals surface area contributed by atoms with Crippen molar-refractivity contribution in [3.63, 3.8) is 0 Å². The monoisotopic (exact) mass is 242 g/mol. The maximum atomic E-state index is 11.5. The molecule has 90 valence electrons. The van der Waals surface area contributed by atoms with Crippen LogP contribution in [0, 0.1) is 22.7 Å².